The maximum absolute atomic E-state index is 12.3. The number of halogens is 1. The van der Waals surface area contributed by atoms with Gasteiger partial charge in [-0.3, -0.25) is 4.79 Å². The van der Waals surface area contributed by atoms with Crippen LogP contribution in [0.15, 0.2) is 5.16 Å². The van der Waals surface area contributed by atoms with Gasteiger partial charge in [0.2, 0.25) is 0 Å². The van der Waals surface area contributed by atoms with Gasteiger partial charge < -0.3 is 9.57 Å². The highest BCUT2D eigenvalue weighted by Crippen LogP contribution is 2.29. The van der Waals surface area contributed by atoms with Crippen molar-refractivity contribution >= 4 is 11.7 Å². The lowest BCUT2D eigenvalue weighted by molar-refractivity contribution is -0.164. The average molecular weight is 187 g/mol. The van der Waals surface area contributed by atoms with Gasteiger partial charge in [-0.15, -0.1) is 0 Å². The molecule has 0 radical (unpaired) electrons. The highest BCUT2D eigenvalue weighted by molar-refractivity contribution is 6.04. The van der Waals surface area contributed by atoms with Gasteiger partial charge in [0.25, 0.3) is 0 Å². The molecular weight excluding hydrogens is 177 g/mol. The molecule has 0 aromatic carbocycles. The fourth-order valence-electron chi connectivity index (χ4n) is 1.69. The van der Waals surface area contributed by atoms with Gasteiger partial charge in [0.15, 0.2) is 0 Å². The molecule has 0 aliphatic carbocycles. The molecule has 2 aliphatic rings. The van der Waals surface area contributed by atoms with Gasteiger partial charge in [-0.1, -0.05) is 5.16 Å². The van der Waals surface area contributed by atoms with Gasteiger partial charge in [-0.25, -0.2) is 4.39 Å². The van der Waals surface area contributed by atoms with Crippen molar-refractivity contribution in [1.29, 1.82) is 0 Å². The molecule has 1 saturated heterocycles. The van der Waals surface area contributed by atoms with Crippen molar-refractivity contribution < 1.29 is 18.8 Å². The van der Waals surface area contributed by atoms with Crippen LogP contribution < -0.4 is 0 Å². The summed E-state index contributed by atoms with van der Waals surface area (Å²) in [4.78, 5) is 16.3. The van der Waals surface area contributed by atoms with Crippen LogP contribution in [-0.2, 0) is 14.4 Å². The quantitative estimate of drug-likeness (QED) is 0.566. The molecule has 3 atom stereocenters. The van der Waals surface area contributed by atoms with Gasteiger partial charge in [0, 0.05) is 6.42 Å². The molecule has 0 N–H and O–H groups in total. The monoisotopic (exact) mass is 187 g/mol. The number of rotatable bonds is 1. The van der Waals surface area contributed by atoms with Crippen LogP contribution in [0.5, 0.6) is 0 Å². The Balaban J connectivity index is 2.17. The third kappa shape index (κ3) is 1.28. The standard InChI is InChI=1S/C8H10FNO3/c1-4-2-6-7(8(11)12-4)5(3-9)10-13-6/h4,6-7H,2-3H2,1H3/t4-,6-,7-/m1/s1. The number of ether oxygens (including phenoxy) is 1. The van der Waals surface area contributed by atoms with Gasteiger partial charge in [0.1, 0.15) is 30.5 Å². The van der Waals surface area contributed by atoms with Crippen LogP contribution in [0.1, 0.15) is 13.3 Å². The summed E-state index contributed by atoms with van der Waals surface area (Å²) < 4.78 is 17.3. The number of cyclic esters (lactones) is 1. The van der Waals surface area contributed by atoms with Gasteiger partial charge in [0.05, 0.1) is 0 Å². The lowest BCUT2D eigenvalue weighted by Gasteiger charge is -2.27. The molecule has 13 heavy (non-hydrogen) atoms. The molecule has 0 aromatic heterocycles. The molecule has 72 valence electrons. The predicted octanol–water partition coefficient (Wildman–Crippen LogP) is 0.662. The second-order valence-electron chi connectivity index (χ2n) is 3.32. The van der Waals surface area contributed by atoms with Crippen LogP contribution >= 0.6 is 0 Å². The van der Waals surface area contributed by atoms with E-state index >= 15 is 0 Å². The molecule has 0 unspecified atom stereocenters. The Morgan fingerprint density at radius 1 is 1.69 bits per heavy atom. The van der Waals surface area contributed by atoms with Crippen LogP contribution in [0.2, 0.25) is 0 Å². The van der Waals surface area contributed by atoms with E-state index in [1.54, 1.807) is 6.92 Å². The molecular formula is C8H10FNO3. The van der Waals surface area contributed by atoms with Crippen LogP contribution in [0.3, 0.4) is 0 Å². The fourth-order valence-corrected chi connectivity index (χ4v) is 1.69. The van der Waals surface area contributed by atoms with Crippen molar-refractivity contribution in [2.45, 2.75) is 25.6 Å². The Labute approximate surface area is 74.7 Å². The number of alkyl halides is 1. The Bertz CT molecular complexity index is 266. The van der Waals surface area contributed by atoms with E-state index < -0.39 is 18.6 Å². The smallest absolute Gasteiger partial charge is 0.319 e. The zero-order valence-corrected chi connectivity index (χ0v) is 7.20. The molecule has 2 heterocycles. The van der Waals surface area contributed by atoms with E-state index in [-0.39, 0.29) is 17.9 Å². The first-order valence-electron chi connectivity index (χ1n) is 4.21. The summed E-state index contributed by atoms with van der Waals surface area (Å²) in [6, 6.07) is 0. The molecule has 0 spiro atoms. The van der Waals surface area contributed by atoms with Crippen LogP contribution in [0.4, 0.5) is 4.39 Å². The number of esters is 1. The SMILES string of the molecule is C[C@@H]1C[C@H]2ON=C(CF)[C@H]2C(=O)O1. The van der Waals surface area contributed by atoms with Crippen molar-refractivity contribution in [3.8, 4) is 0 Å². The summed E-state index contributed by atoms with van der Waals surface area (Å²) in [5, 5.41) is 3.52. The van der Waals surface area contributed by atoms with Crippen LogP contribution in [0, 0.1) is 5.92 Å². The summed E-state index contributed by atoms with van der Waals surface area (Å²) in [6.45, 7) is 1.04. The summed E-state index contributed by atoms with van der Waals surface area (Å²) in [5.74, 6) is -1.03. The average Bonchev–Trinajstić information content (AvgIpc) is 2.47. The fraction of sp³-hybridized carbons (Fsp3) is 0.750. The third-order valence-electron chi connectivity index (χ3n) is 2.31. The van der Waals surface area contributed by atoms with Crippen molar-refractivity contribution in [3.63, 3.8) is 0 Å². The number of hydrogen-bond donors (Lipinski definition) is 0. The lowest BCUT2D eigenvalue weighted by atomic mass is 9.92. The zero-order chi connectivity index (χ0) is 9.42. The summed E-state index contributed by atoms with van der Waals surface area (Å²) in [7, 11) is 0. The Hall–Kier alpha value is -1.13. The number of hydrogen-bond acceptors (Lipinski definition) is 4. The molecule has 0 bridgehead atoms. The second kappa shape index (κ2) is 2.97. The first-order valence-corrected chi connectivity index (χ1v) is 4.21. The minimum atomic E-state index is -0.745. The molecule has 0 saturated carbocycles. The van der Waals surface area contributed by atoms with E-state index in [0.717, 1.165) is 0 Å². The molecule has 5 heteroatoms. The van der Waals surface area contributed by atoms with E-state index in [2.05, 4.69) is 5.16 Å². The highest BCUT2D eigenvalue weighted by atomic mass is 19.1. The van der Waals surface area contributed by atoms with Gasteiger partial charge in [-0.2, -0.15) is 0 Å². The molecule has 0 amide bonds. The summed E-state index contributed by atoms with van der Waals surface area (Å²) >= 11 is 0. The number of carbonyl (C=O) groups excluding carboxylic acids is 1. The number of oxime groups is 1. The van der Waals surface area contributed by atoms with E-state index in [4.69, 9.17) is 9.57 Å². The minimum Gasteiger partial charge on any atom is -0.462 e. The summed E-state index contributed by atoms with van der Waals surface area (Å²) in [6.07, 6.45) is 0.105. The lowest BCUT2D eigenvalue weighted by Crippen LogP contribution is -2.42. The normalized spacial score (nSPS) is 37.5. The van der Waals surface area contributed by atoms with Crippen LogP contribution in [-0.4, -0.2) is 30.6 Å². The van der Waals surface area contributed by atoms with Crippen molar-refractivity contribution in [3.05, 3.63) is 0 Å². The minimum absolute atomic E-state index is 0.155. The topological polar surface area (TPSA) is 47.9 Å². The Morgan fingerprint density at radius 3 is 3.15 bits per heavy atom. The van der Waals surface area contributed by atoms with Gasteiger partial charge in [-0.05, 0) is 6.92 Å². The maximum atomic E-state index is 12.3. The third-order valence-corrected chi connectivity index (χ3v) is 2.31. The summed E-state index contributed by atoms with van der Waals surface area (Å²) in [5.41, 5.74) is 0.155. The molecule has 0 aromatic rings. The molecule has 4 nitrogen and oxygen atoms in total. The molecule has 2 rings (SSSR count). The van der Waals surface area contributed by atoms with E-state index in [0.29, 0.717) is 6.42 Å². The van der Waals surface area contributed by atoms with E-state index in [9.17, 15) is 9.18 Å². The van der Waals surface area contributed by atoms with Crippen molar-refractivity contribution in [1.82, 2.24) is 0 Å². The van der Waals surface area contributed by atoms with E-state index in [1.807, 2.05) is 0 Å². The number of carbonyl (C=O) groups is 1. The first kappa shape index (κ1) is 8.47. The number of nitrogens with zero attached hydrogens (tertiary/aromatic N) is 1. The largest absolute Gasteiger partial charge is 0.462 e. The predicted molar refractivity (Wildman–Crippen MR) is 41.9 cm³/mol. The van der Waals surface area contributed by atoms with Crippen LogP contribution in [0.25, 0.3) is 0 Å². The first-order chi connectivity index (χ1) is 6.22. The highest BCUT2D eigenvalue weighted by Gasteiger charge is 2.45. The Kier molecular flexibility index (Phi) is 1.94. The second-order valence-corrected chi connectivity index (χ2v) is 3.32. The van der Waals surface area contributed by atoms with Gasteiger partial charge >= 0.3 is 5.97 Å². The maximum Gasteiger partial charge on any atom is 0.319 e. The Morgan fingerprint density at radius 2 is 2.46 bits per heavy atom. The number of fused-ring (bicyclic) bond motifs is 1. The van der Waals surface area contributed by atoms with Crippen molar-refractivity contribution in [2.24, 2.45) is 11.1 Å². The van der Waals surface area contributed by atoms with E-state index in [1.165, 1.54) is 0 Å². The van der Waals surface area contributed by atoms with Crippen molar-refractivity contribution in [2.75, 3.05) is 6.67 Å². The zero-order valence-electron chi connectivity index (χ0n) is 7.20. The molecule has 2 aliphatic heterocycles. The molecule has 1 fully saturated rings.